The molecular formula is C18H15F2NO4. The molecule has 1 amide bonds. The third-order valence-corrected chi connectivity index (χ3v) is 4.14. The highest BCUT2D eigenvalue weighted by Gasteiger charge is 2.32. The van der Waals surface area contributed by atoms with Crippen molar-refractivity contribution >= 4 is 12.1 Å². The number of carbonyl (C=O) groups is 2. The molecule has 5 nitrogen and oxygen atoms in total. The van der Waals surface area contributed by atoms with Crippen LogP contribution in [0.2, 0.25) is 0 Å². The Labute approximate surface area is 142 Å². The fourth-order valence-electron chi connectivity index (χ4n) is 3.00. The predicted molar refractivity (Wildman–Crippen MR) is 85.6 cm³/mol. The number of nitrogens with one attached hydrogen (secondary N) is 1. The van der Waals surface area contributed by atoms with E-state index in [0.717, 1.165) is 22.3 Å². The molecule has 1 aliphatic rings. The van der Waals surface area contributed by atoms with Crippen molar-refractivity contribution in [3.8, 4) is 11.1 Å². The molecule has 0 aliphatic heterocycles. The Morgan fingerprint density at radius 3 is 2.04 bits per heavy atom. The lowest BCUT2D eigenvalue weighted by molar-refractivity contribution is -0.143. The van der Waals surface area contributed by atoms with Crippen molar-refractivity contribution in [3.63, 3.8) is 0 Å². The number of alkyl carbamates (subject to hydrolysis) is 1. The molecule has 1 aliphatic carbocycles. The lowest BCUT2D eigenvalue weighted by Gasteiger charge is -2.17. The van der Waals surface area contributed by atoms with Gasteiger partial charge >= 0.3 is 12.1 Å². The Morgan fingerprint density at radius 1 is 1.04 bits per heavy atom. The van der Waals surface area contributed by atoms with Crippen LogP contribution in [-0.2, 0) is 9.53 Å². The third kappa shape index (κ3) is 3.31. The van der Waals surface area contributed by atoms with Crippen molar-refractivity contribution in [2.75, 3.05) is 6.61 Å². The molecule has 0 aromatic heterocycles. The quantitative estimate of drug-likeness (QED) is 0.871. The van der Waals surface area contributed by atoms with Crippen LogP contribution in [0.25, 0.3) is 11.1 Å². The summed E-state index contributed by atoms with van der Waals surface area (Å²) in [6.45, 7) is -0.0740. The smallest absolute Gasteiger partial charge is 0.408 e. The number of hydrogen-bond acceptors (Lipinski definition) is 3. The van der Waals surface area contributed by atoms with E-state index in [1.807, 2.05) is 48.5 Å². The molecule has 2 N–H and O–H groups in total. The van der Waals surface area contributed by atoms with Gasteiger partial charge in [0.05, 0.1) is 0 Å². The Kier molecular flexibility index (Phi) is 4.65. The molecule has 2 aromatic carbocycles. The molecule has 0 saturated heterocycles. The Hall–Kier alpha value is -2.96. The molecule has 0 heterocycles. The molecule has 1 atom stereocenters. The van der Waals surface area contributed by atoms with E-state index < -0.39 is 24.5 Å². The molecular weight excluding hydrogens is 332 g/mol. The van der Waals surface area contributed by atoms with E-state index in [4.69, 9.17) is 9.84 Å². The SMILES string of the molecule is O=C(NC(C(=O)O)C(F)F)OCC1c2ccccc2-c2ccccc21. The molecule has 0 fully saturated rings. The lowest BCUT2D eigenvalue weighted by atomic mass is 9.98. The van der Waals surface area contributed by atoms with Crippen molar-refractivity contribution in [2.45, 2.75) is 18.4 Å². The molecule has 2 aromatic rings. The maximum Gasteiger partial charge on any atom is 0.408 e. The van der Waals surface area contributed by atoms with Crippen LogP contribution in [0, 0.1) is 0 Å². The maximum atomic E-state index is 12.6. The zero-order chi connectivity index (χ0) is 18.0. The van der Waals surface area contributed by atoms with E-state index in [-0.39, 0.29) is 12.5 Å². The average molecular weight is 347 g/mol. The second kappa shape index (κ2) is 6.88. The van der Waals surface area contributed by atoms with Gasteiger partial charge in [0, 0.05) is 5.92 Å². The predicted octanol–water partition coefficient (Wildman–Crippen LogP) is 3.24. The zero-order valence-electron chi connectivity index (χ0n) is 13.0. The number of carboxylic acid groups (broad SMARTS) is 1. The summed E-state index contributed by atoms with van der Waals surface area (Å²) < 4.78 is 30.2. The van der Waals surface area contributed by atoms with Gasteiger partial charge in [0.2, 0.25) is 0 Å². The minimum absolute atomic E-state index is 0.0740. The Bertz CT molecular complexity index is 764. The van der Waals surface area contributed by atoms with Crippen LogP contribution in [0.1, 0.15) is 17.0 Å². The van der Waals surface area contributed by atoms with Crippen LogP contribution in [0.3, 0.4) is 0 Å². The monoisotopic (exact) mass is 347 g/mol. The van der Waals surface area contributed by atoms with Crippen molar-refractivity contribution in [2.24, 2.45) is 0 Å². The summed E-state index contributed by atoms with van der Waals surface area (Å²) in [5.41, 5.74) is 4.01. The van der Waals surface area contributed by atoms with E-state index >= 15 is 0 Å². The number of fused-ring (bicyclic) bond motifs is 3. The number of halogens is 2. The molecule has 7 heteroatoms. The van der Waals surface area contributed by atoms with E-state index in [1.54, 1.807) is 5.32 Å². The minimum atomic E-state index is -3.22. The van der Waals surface area contributed by atoms with Gasteiger partial charge in [-0.15, -0.1) is 0 Å². The van der Waals surface area contributed by atoms with Crippen molar-refractivity contribution in [1.29, 1.82) is 0 Å². The first-order chi connectivity index (χ1) is 12.0. The molecule has 1 unspecified atom stereocenters. The van der Waals surface area contributed by atoms with Crippen LogP contribution in [-0.4, -0.2) is 36.2 Å². The molecule has 0 spiro atoms. The summed E-state index contributed by atoms with van der Waals surface area (Å²) in [4.78, 5) is 22.4. The third-order valence-electron chi connectivity index (χ3n) is 4.14. The van der Waals surface area contributed by atoms with Crippen LogP contribution in [0.15, 0.2) is 48.5 Å². The number of benzene rings is 2. The first-order valence-corrected chi connectivity index (χ1v) is 7.61. The number of amides is 1. The molecule has 25 heavy (non-hydrogen) atoms. The number of carbonyl (C=O) groups excluding carboxylic acids is 1. The summed E-state index contributed by atoms with van der Waals surface area (Å²) in [6, 6.07) is 13.0. The van der Waals surface area contributed by atoms with Gasteiger partial charge in [0.1, 0.15) is 6.61 Å². The van der Waals surface area contributed by atoms with Gasteiger partial charge in [-0.1, -0.05) is 48.5 Å². The summed E-state index contributed by atoms with van der Waals surface area (Å²) >= 11 is 0. The normalized spacial score (nSPS) is 13.9. The number of hydrogen-bond donors (Lipinski definition) is 2. The van der Waals surface area contributed by atoms with Gasteiger partial charge in [-0.05, 0) is 22.3 Å². The number of ether oxygens (including phenoxy) is 1. The van der Waals surface area contributed by atoms with E-state index in [0.29, 0.717) is 0 Å². The number of rotatable bonds is 5. The lowest BCUT2D eigenvalue weighted by Crippen LogP contribution is -2.46. The van der Waals surface area contributed by atoms with Gasteiger partial charge in [0.15, 0.2) is 6.04 Å². The molecule has 3 rings (SSSR count). The van der Waals surface area contributed by atoms with Gasteiger partial charge in [-0.2, -0.15) is 0 Å². The minimum Gasteiger partial charge on any atom is -0.480 e. The van der Waals surface area contributed by atoms with Crippen molar-refractivity contribution in [1.82, 2.24) is 5.32 Å². The highest BCUT2D eigenvalue weighted by atomic mass is 19.3. The first-order valence-electron chi connectivity index (χ1n) is 7.61. The fraction of sp³-hybridized carbons (Fsp3) is 0.222. The highest BCUT2D eigenvalue weighted by molar-refractivity contribution is 5.81. The van der Waals surface area contributed by atoms with Gasteiger partial charge in [-0.25, -0.2) is 18.4 Å². The summed E-state index contributed by atoms with van der Waals surface area (Å²) in [5, 5.41) is 10.4. The second-order valence-corrected chi connectivity index (χ2v) is 5.62. The largest absolute Gasteiger partial charge is 0.480 e. The van der Waals surface area contributed by atoms with Crippen LogP contribution < -0.4 is 5.32 Å². The number of aliphatic carboxylic acids is 1. The molecule has 0 saturated carbocycles. The van der Waals surface area contributed by atoms with Crippen LogP contribution in [0.5, 0.6) is 0 Å². The van der Waals surface area contributed by atoms with E-state index in [2.05, 4.69) is 0 Å². The maximum absolute atomic E-state index is 12.6. The van der Waals surface area contributed by atoms with Crippen LogP contribution in [0.4, 0.5) is 13.6 Å². The standard InChI is InChI=1S/C18H15F2NO4/c19-16(20)15(17(22)23)21-18(24)25-9-14-12-7-3-1-5-10(12)11-6-2-4-8-13(11)14/h1-8,14-16H,9H2,(H,21,24)(H,22,23). The van der Waals surface area contributed by atoms with Gasteiger partial charge < -0.3 is 15.2 Å². The van der Waals surface area contributed by atoms with Gasteiger partial charge in [-0.3, -0.25) is 0 Å². The average Bonchev–Trinajstić information content (AvgIpc) is 2.91. The Balaban J connectivity index is 1.73. The zero-order valence-corrected chi connectivity index (χ0v) is 13.0. The van der Waals surface area contributed by atoms with Crippen molar-refractivity contribution in [3.05, 3.63) is 59.7 Å². The van der Waals surface area contributed by atoms with E-state index in [1.165, 1.54) is 0 Å². The molecule has 0 bridgehead atoms. The Morgan fingerprint density at radius 2 is 1.56 bits per heavy atom. The first kappa shape index (κ1) is 16.9. The fourth-order valence-corrected chi connectivity index (χ4v) is 3.00. The van der Waals surface area contributed by atoms with Gasteiger partial charge in [0.25, 0.3) is 6.43 Å². The highest BCUT2D eigenvalue weighted by Crippen LogP contribution is 2.44. The topological polar surface area (TPSA) is 75.6 Å². The second-order valence-electron chi connectivity index (χ2n) is 5.62. The van der Waals surface area contributed by atoms with E-state index in [9.17, 15) is 18.4 Å². The number of alkyl halides is 2. The van der Waals surface area contributed by atoms with Crippen molar-refractivity contribution < 1.29 is 28.2 Å². The summed E-state index contributed by atoms with van der Waals surface area (Å²) in [6.07, 6.45) is -4.41. The van der Waals surface area contributed by atoms with Crippen LogP contribution >= 0.6 is 0 Å². The molecule has 130 valence electrons. The number of carboxylic acids is 1. The summed E-state index contributed by atoms with van der Waals surface area (Å²) in [7, 11) is 0. The molecule has 0 radical (unpaired) electrons. The summed E-state index contributed by atoms with van der Waals surface area (Å²) in [5.74, 6) is -2.04.